The molecular weight excluding hydrogens is 346 g/mol. The SMILES string of the molecule is C=CC[Si](CC=C)(CC=C)N(CCCCC)[Si](CC=C)(CC=C)CC=C. The van der Waals surface area contributed by atoms with Crippen molar-refractivity contribution in [1.29, 1.82) is 0 Å². The van der Waals surface area contributed by atoms with Crippen molar-refractivity contribution in [3.63, 3.8) is 0 Å². The third kappa shape index (κ3) is 6.86. The van der Waals surface area contributed by atoms with E-state index in [0.717, 1.165) is 42.8 Å². The zero-order valence-corrected chi connectivity index (χ0v) is 19.2. The molecule has 0 fully saturated rings. The summed E-state index contributed by atoms with van der Waals surface area (Å²) in [5.41, 5.74) is 0. The first-order valence-electron chi connectivity index (χ1n) is 9.99. The Bertz CT molecular complexity index is 376. The topological polar surface area (TPSA) is 3.24 Å². The maximum absolute atomic E-state index is 4.10. The fraction of sp³-hybridized carbons (Fsp3) is 0.478. The van der Waals surface area contributed by atoms with Gasteiger partial charge < -0.3 is 4.23 Å². The van der Waals surface area contributed by atoms with E-state index in [1.54, 1.807) is 0 Å². The van der Waals surface area contributed by atoms with Crippen LogP contribution in [0.2, 0.25) is 36.3 Å². The molecule has 0 aliphatic carbocycles. The van der Waals surface area contributed by atoms with Gasteiger partial charge in [0.2, 0.25) is 0 Å². The Morgan fingerprint density at radius 3 is 1.12 bits per heavy atom. The second-order valence-electron chi connectivity index (χ2n) is 7.26. The van der Waals surface area contributed by atoms with E-state index in [1.165, 1.54) is 19.3 Å². The molecule has 1 nitrogen and oxygen atoms in total. The smallest absolute Gasteiger partial charge is 0.133 e. The average molecular weight is 388 g/mol. The van der Waals surface area contributed by atoms with E-state index < -0.39 is 16.5 Å². The van der Waals surface area contributed by atoms with Crippen LogP contribution in [0.3, 0.4) is 0 Å². The number of hydrogen-bond acceptors (Lipinski definition) is 1. The molecule has 0 spiro atoms. The lowest BCUT2D eigenvalue weighted by molar-refractivity contribution is 0.542. The van der Waals surface area contributed by atoms with Crippen molar-refractivity contribution in [1.82, 2.24) is 4.23 Å². The summed E-state index contributed by atoms with van der Waals surface area (Å²) in [7, 11) is -3.65. The third-order valence-corrected chi connectivity index (χ3v) is 17.2. The highest BCUT2D eigenvalue weighted by Gasteiger charge is 2.47. The van der Waals surface area contributed by atoms with Gasteiger partial charge in [-0.15, -0.1) is 39.5 Å². The summed E-state index contributed by atoms with van der Waals surface area (Å²) in [6, 6.07) is 6.48. The number of hydrogen-bond donors (Lipinski definition) is 0. The van der Waals surface area contributed by atoms with Gasteiger partial charge >= 0.3 is 0 Å². The summed E-state index contributed by atoms with van der Waals surface area (Å²) in [5.74, 6) is 0. The Labute approximate surface area is 165 Å². The maximum atomic E-state index is 4.10. The van der Waals surface area contributed by atoms with Crippen molar-refractivity contribution in [3.05, 3.63) is 75.9 Å². The first-order chi connectivity index (χ1) is 12.6. The predicted molar refractivity (Wildman–Crippen MR) is 128 cm³/mol. The molecule has 0 aliphatic rings. The van der Waals surface area contributed by atoms with Gasteiger partial charge in [-0.25, -0.2) is 0 Å². The van der Waals surface area contributed by atoms with Crippen LogP contribution < -0.4 is 0 Å². The molecular formula is C23H41NSi2. The lowest BCUT2D eigenvalue weighted by Crippen LogP contribution is -2.66. The molecule has 0 aromatic heterocycles. The lowest BCUT2D eigenvalue weighted by Gasteiger charge is -2.52. The molecule has 146 valence electrons. The van der Waals surface area contributed by atoms with Crippen LogP contribution in [0.25, 0.3) is 0 Å². The van der Waals surface area contributed by atoms with Crippen molar-refractivity contribution in [2.24, 2.45) is 0 Å². The van der Waals surface area contributed by atoms with Crippen molar-refractivity contribution >= 4 is 16.5 Å². The van der Waals surface area contributed by atoms with E-state index in [-0.39, 0.29) is 0 Å². The Kier molecular flexibility index (Phi) is 13.3. The summed E-state index contributed by atoms with van der Waals surface area (Å²) < 4.78 is 2.98. The maximum Gasteiger partial charge on any atom is 0.133 e. The van der Waals surface area contributed by atoms with Crippen molar-refractivity contribution in [3.8, 4) is 0 Å². The molecule has 0 saturated heterocycles. The molecule has 0 radical (unpaired) electrons. The van der Waals surface area contributed by atoms with Crippen molar-refractivity contribution in [2.45, 2.75) is 62.5 Å². The lowest BCUT2D eigenvalue weighted by atomic mass is 10.3. The van der Waals surface area contributed by atoms with Crippen LogP contribution in [-0.2, 0) is 0 Å². The molecule has 0 rings (SSSR count). The molecule has 0 aliphatic heterocycles. The fourth-order valence-electron chi connectivity index (χ4n) is 4.27. The summed E-state index contributed by atoms with van der Waals surface area (Å²) in [6.07, 6.45) is 16.5. The minimum absolute atomic E-state index is 1.08. The second kappa shape index (κ2) is 14.0. The number of unbranched alkanes of at least 4 members (excludes halogenated alkanes) is 2. The minimum Gasteiger partial charge on any atom is -0.344 e. The number of nitrogens with zero attached hydrogens (tertiary/aromatic N) is 1. The molecule has 0 saturated carbocycles. The van der Waals surface area contributed by atoms with E-state index in [9.17, 15) is 0 Å². The van der Waals surface area contributed by atoms with Gasteiger partial charge in [0, 0.05) is 0 Å². The first kappa shape index (κ1) is 24.8. The normalized spacial score (nSPS) is 11.8. The Balaban J connectivity index is 6.35. The van der Waals surface area contributed by atoms with Crippen LogP contribution in [0, 0.1) is 0 Å². The molecule has 0 heterocycles. The van der Waals surface area contributed by atoms with Crippen LogP contribution in [-0.4, -0.2) is 27.2 Å². The number of rotatable bonds is 18. The quantitative estimate of drug-likeness (QED) is 0.134. The molecule has 0 aromatic rings. The van der Waals surface area contributed by atoms with Gasteiger partial charge in [0.25, 0.3) is 0 Å². The third-order valence-electron chi connectivity index (χ3n) is 5.28. The van der Waals surface area contributed by atoms with E-state index in [2.05, 4.69) is 87.1 Å². The molecule has 0 bridgehead atoms. The van der Waals surface area contributed by atoms with Gasteiger partial charge in [0.1, 0.15) is 16.5 Å². The van der Waals surface area contributed by atoms with Crippen LogP contribution >= 0.6 is 0 Å². The first-order valence-corrected chi connectivity index (χ1v) is 15.1. The zero-order chi connectivity index (χ0) is 19.9. The van der Waals surface area contributed by atoms with Gasteiger partial charge in [-0.3, -0.25) is 0 Å². The summed E-state index contributed by atoms with van der Waals surface area (Å²) in [4.78, 5) is 0. The van der Waals surface area contributed by atoms with Crippen molar-refractivity contribution in [2.75, 3.05) is 6.54 Å². The van der Waals surface area contributed by atoms with Crippen LogP contribution in [0.4, 0.5) is 0 Å². The minimum atomic E-state index is -1.82. The van der Waals surface area contributed by atoms with Crippen LogP contribution in [0.1, 0.15) is 26.2 Å². The van der Waals surface area contributed by atoms with E-state index >= 15 is 0 Å². The molecule has 0 unspecified atom stereocenters. The van der Waals surface area contributed by atoms with E-state index in [4.69, 9.17) is 0 Å². The second-order valence-corrected chi connectivity index (χ2v) is 16.1. The molecule has 3 heteroatoms. The van der Waals surface area contributed by atoms with Gasteiger partial charge in [-0.1, -0.05) is 56.2 Å². The highest BCUT2D eigenvalue weighted by Crippen LogP contribution is 2.38. The summed E-state index contributed by atoms with van der Waals surface area (Å²) in [6.45, 7) is 28.1. The average Bonchev–Trinajstić information content (AvgIpc) is 2.60. The highest BCUT2D eigenvalue weighted by molar-refractivity contribution is 6.94. The van der Waals surface area contributed by atoms with Gasteiger partial charge in [-0.05, 0) is 49.2 Å². The number of allylic oxidation sites excluding steroid dienone is 6. The molecule has 0 amide bonds. The highest BCUT2D eigenvalue weighted by atomic mass is 28.4. The molecule has 26 heavy (non-hydrogen) atoms. The monoisotopic (exact) mass is 387 g/mol. The Hall–Kier alpha value is -1.17. The molecule has 0 aromatic carbocycles. The standard InChI is InChI=1S/C23H41NSi2/c1-8-15-16-17-24(25(18-9-2,19-10-3)20-11-4)26(21-12-5,22-13-6)23-14-7/h9-14H,2-8,15-23H2,1H3. The van der Waals surface area contributed by atoms with E-state index in [0.29, 0.717) is 0 Å². The molecule has 0 atom stereocenters. The Morgan fingerprint density at radius 2 is 0.885 bits per heavy atom. The van der Waals surface area contributed by atoms with Gasteiger partial charge in [0.15, 0.2) is 0 Å². The fourth-order valence-corrected chi connectivity index (χ4v) is 16.7. The van der Waals surface area contributed by atoms with Crippen LogP contribution in [0.15, 0.2) is 75.9 Å². The van der Waals surface area contributed by atoms with Gasteiger partial charge in [-0.2, -0.15) is 0 Å². The largest absolute Gasteiger partial charge is 0.344 e. The van der Waals surface area contributed by atoms with Gasteiger partial charge in [0.05, 0.1) is 0 Å². The Morgan fingerprint density at radius 1 is 0.577 bits per heavy atom. The molecule has 0 N–H and O–H groups in total. The summed E-state index contributed by atoms with van der Waals surface area (Å²) >= 11 is 0. The van der Waals surface area contributed by atoms with Crippen LogP contribution in [0.5, 0.6) is 0 Å². The summed E-state index contributed by atoms with van der Waals surface area (Å²) in [5, 5.41) is 0. The predicted octanol–water partition coefficient (Wildman–Crippen LogP) is 7.49. The zero-order valence-electron chi connectivity index (χ0n) is 17.2. The van der Waals surface area contributed by atoms with Crippen molar-refractivity contribution < 1.29 is 0 Å². The van der Waals surface area contributed by atoms with E-state index in [1.807, 2.05) is 0 Å².